The van der Waals surface area contributed by atoms with E-state index in [1.807, 2.05) is 24.3 Å². The number of benzene rings is 4. The van der Waals surface area contributed by atoms with Crippen LogP contribution in [0.25, 0.3) is 21.5 Å². The largest absolute Gasteiger partial charge is 1.00 e. The second-order valence-corrected chi connectivity index (χ2v) is 11.0. The third-order valence-electron chi connectivity index (χ3n) is 7.13. The quantitative estimate of drug-likeness (QED) is 0.0398. The van der Waals surface area contributed by atoms with Gasteiger partial charge in [0.2, 0.25) is 0 Å². The molecule has 4 aromatic rings. The van der Waals surface area contributed by atoms with Crippen molar-refractivity contribution in [3.8, 4) is 23.0 Å². The molecule has 13 heteroatoms. The smallest absolute Gasteiger partial charge is 1.00 e. The van der Waals surface area contributed by atoms with Crippen LogP contribution in [-0.4, -0.2) is 73.9 Å². The first kappa shape index (κ1) is 50.0. The van der Waals surface area contributed by atoms with Gasteiger partial charge < -0.3 is 45.5 Å². The summed E-state index contributed by atoms with van der Waals surface area (Å²) in [5, 5.41) is 31.4. The van der Waals surface area contributed by atoms with E-state index in [-0.39, 0.29) is 149 Å². The number of allylic oxidation sites excluding steroid dienone is 2. The first-order chi connectivity index (χ1) is 22.9. The molecule has 0 aromatic heterocycles. The van der Waals surface area contributed by atoms with E-state index in [9.17, 15) is 10.2 Å². The van der Waals surface area contributed by atoms with Gasteiger partial charge >= 0.3 is 103 Å². The molecule has 7 rings (SSSR count). The molecule has 0 bridgehead atoms. The third kappa shape index (κ3) is 16.5. The van der Waals surface area contributed by atoms with E-state index in [0.29, 0.717) is 42.4 Å². The van der Waals surface area contributed by atoms with Crippen molar-refractivity contribution in [1.29, 1.82) is 0 Å². The Hall–Kier alpha value is -1.05. The maximum atomic E-state index is 9.95. The molecule has 51 heavy (non-hydrogen) atoms. The Labute approximate surface area is 392 Å². The zero-order valence-electron chi connectivity index (χ0n) is 28.8. The van der Waals surface area contributed by atoms with Crippen molar-refractivity contribution in [2.75, 3.05) is 38.9 Å². The van der Waals surface area contributed by atoms with Gasteiger partial charge in [0.05, 0.1) is 31.8 Å². The number of aromatic hydroxyl groups is 2. The average Bonchev–Trinajstić information content (AvgIpc) is 3.93. The molecule has 0 amide bonds. The van der Waals surface area contributed by atoms with Crippen LogP contribution in [0.2, 0.25) is 0 Å². The van der Waals surface area contributed by atoms with Crippen molar-refractivity contribution in [3.63, 3.8) is 0 Å². The summed E-state index contributed by atoms with van der Waals surface area (Å²) in [7, 11) is 0. The monoisotopic (exact) mass is 776 g/mol. The van der Waals surface area contributed by atoms with Crippen molar-refractivity contribution in [3.05, 3.63) is 97.1 Å². The predicted molar refractivity (Wildman–Crippen MR) is 192 cm³/mol. The van der Waals surface area contributed by atoms with E-state index in [4.69, 9.17) is 45.3 Å². The summed E-state index contributed by atoms with van der Waals surface area (Å²) in [5.41, 5.74) is 1.96. The maximum Gasteiger partial charge on any atom is 1.00 e. The summed E-state index contributed by atoms with van der Waals surface area (Å²) >= 11 is 5.27. The molecule has 3 fully saturated rings. The number of hydrogen-bond donors (Lipinski definition) is 2. The third-order valence-corrected chi connectivity index (χ3v) is 7.48. The van der Waals surface area contributed by atoms with Gasteiger partial charge in [-0.05, 0) is 36.1 Å². The number of halogens is 1. The molecule has 0 radical (unpaired) electrons. The molecule has 0 spiro atoms. The van der Waals surface area contributed by atoms with E-state index < -0.39 is 0 Å². The zero-order chi connectivity index (χ0) is 33.6. The van der Waals surface area contributed by atoms with Crippen LogP contribution in [-0.2, 0) is 36.7 Å². The van der Waals surface area contributed by atoms with Crippen molar-refractivity contribution in [1.82, 2.24) is 0 Å². The summed E-state index contributed by atoms with van der Waals surface area (Å²) in [6.07, 6.45) is 5.91. The molecule has 0 saturated carbocycles. The molecule has 3 unspecified atom stereocenters. The number of carbonyl (C=O) groups is 1. The molecule has 0 aliphatic carbocycles. The number of ether oxygens (including phenoxy) is 5. The van der Waals surface area contributed by atoms with E-state index >= 15 is 0 Å². The van der Waals surface area contributed by atoms with E-state index in [1.54, 1.807) is 30.3 Å². The summed E-state index contributed by atoms with van der Waals surface area (Å²) in [6, 6.07) is 19.0. The maximum absolute atomic E-state index is 9.95. The predicted octanol–water partition coefficient (Wildman–Crippen LogP) is 0.554. The summed E-state index contributed by atoms with van der Waals surface area (Å²) in [6.45, 7) is 10.9. The molecule has 4 aromatic carbocycles. The minimum Gasteiger partial charge on any atom is -1.00 e. The SMILES string of the molecule is C.C.C=CCc1ccc2c(O)cccc2c1O.C=CCc1ccc2c(OCC3CO3)cccc2c1OCC1CO1.ClCC1CO1.O=CO[O-].[H-].[K+].[K+]. The standard InChI is InChI=1S/C19H20O4.C13H12O2.C3H5ClO.CH2O3.2CH4.2K.H/c1-2-4-13-7-8-16-17(19(13)23-12-15-10-21-15)5-3-6-18(16)22-11-14-9-20-14;1-2-4-9-7-8-10-11(13(9)15)5-3-6-12(10)14;4-1-3-2-5-3;2-1-4-3;;;;;/h2-3,5-8,14-15H,1,4,9-12H2;2-3,5-8,14-15H,1,4H2;3H,1-2H2;1,3H;2*1H4;;;/q;;;;;;2*+1;-1/p-1. The van der Waals surface area contributed by atoms with Crippen molar-refractivity contribution in [2.45, 2.75) is 46.0 Å². The second kappa shape index (κ2) is 26.7. The molecule has 268 valence electrons. The van der Waals surface area contributed by atoms with Crippen LogP contribution in [0.1, 0.15) is 27.4 Å². The number of phenols is 2. The van der Waals surface area contributed by atoms with Crippen molar-refractivity contribution >= 4 is 39.6 Å². The van der Waals surface area contributed by atoms with Gasteiger partial charge in [-0.2, -0.15) is 0 Å². The summed E-state index contributed by atoms with van der Waals surface area (Å²) in [5.74, 6) is 2.86. The Bertz CT molecular complexity index is 1650. The van der Waals surface area contributed by atoms with Gasteiger partial charge in [-0.1, -0.05) is 75.5 Å². The van der Waals surface area contributed by atoms with Crippen LogP contribution in [0.3, 0.4) is 0 Å². The van der Waals surface area contributed by atoms with E-state index in [1.165, 1.54) is 0 Å². The van der Waals surface area contributed by atoms with Crippen LogP contribution in [0.5, 0.6) is 23.0 Å². The number of hydrogen-bond acceptors (Lipinski definition) is 10. The number of rotatable bonds is 12. The fourth-order valence-electron chi connectivity index (χ4n) is 4.49. The average molecular weight is 777 g/mol. The minimum atomic E-state index is -0.181. The molecule has 10 nitrogen and oxygen atoms in total. The molecular formula is C38H47ClK2O10. The van der Waals surface area contributed by atoms with Gasteiger partial charge in [0.1, 0.15) is 48.4 Å². The number of epoxide rings is 3. The molecule has 3 aliphatic heterocycles. The van der Waals surface area contributed by atoms with Crippen LogP contribution in [0.15, 0.2) is 86.0 Å². The molecule has 3 aliphatic rings. The fourth-order valence-corrected chi connectivity index (χ4v) is 4.67. The van der Waals surface area contributed by atoms with Gasteiger partial charge in [-0.15, -0.1) is 24.8 Å². The van der Waals surface area contributed by atoms with Crippen LogP contribution < -0.4 is 118 Å². The molecule has 2 N–H and O–H groups in total. The van der Waals surface area contributed by atoms with Gasteiger partial charge in [0, 0.05) is 21.5 Å². The second-order valence-electron chi connectivity index (χ2n) is 10.7. The summed E-state index contributed by atoms with van der Waals surface area (Å²) in [4.78, 5) is 11.2. The number of fused-ring (bicyclic) bond motifs is 2. The molecule has 3 atom stereocenters. The first-order valence-corrected chi connectivity index (χ1v) is 15.5. The van der Waals surface area contributed by atoms with Gasteiger partial charge in [0.25, 0.3) is 6.47 Å². The van der Waals surface area contributed by atoms with Crippen LogP contribution in [0.4, 0.5) is 0 Å². The number of phenolic OH excluding ortho intramolecular Hbond substituents is 2. The van der Waals surface area contributed by atoms with E-state index in [2.05, 4.69) is 36.2 Å². The first-order valence-electron chi connectivity index (χ1n) is 15.0. The molecule has 3 saturated heterocycles. The summed E-state index contributed by atoms with van der Waals surface area (Å²) < 4.78 is 27.2. The van der Waals surface area contributed by atoms with Crippen molar-refractivity contribution in [2.24, 2.45) is 0 Å². The Balaban J connectivity index is 0. The Morgan fingerprint density at radius 3 is 1.80 bits per heavy atom. The van der Waals surface area contributed by atoms with Gasteiger partial charge in [-0.3, -0.25) is 4.79 Å². The topological polar surface area (TPSA) is 146 Å². The zero-order valence-corrected chi connectivity index (χ0v) is 34.8. The van der Waals surface area contributed by atoms with Crippen LogP contribution in [0, 0.1) is 0 Å². The number of carbonyl (C=O) groups excluding carboxylic acids is 1. The van der Waals surface area contributed by atoms with Gasteiger partial charge in [-0.25, -0.2) is 0 Å². The molecule has 3 heterocycles. The Morgan fingerprint density at radius 2 is 1.27 bits per heavy atom. The fraction of sp³-hybridized carbons (Fsp3) is 0.342. The van der Waals surface area contributed by atoms with Crippen molar-refractivity contribution < 1.29 is 153 Å². The Kier molecular flexibility index (Phi) is 26.1. The van der Waals surface area contributed by atoms with Crippen LogP contribution >= 0.6 is 11.6 Å². The van der Waals surface area contributed by atoms with Gasteiger partial charge in [0.15, 0.2) is 0 Å². The molecular weight excluding hydrogens is 730 g/mol. The normalized spacial score (nSPS) is 16.7. The number of alkyl halides is 1. The van der Waals surface area contributed by atoms with E-state index in [0.717, 1.165) is 59.6 Å². The Morgan fingerprint density at radius 1 is 0.765 bits per heavy atom. The minimum absolute atomic E-state index is 0.